The van der Waals surface area contributed by atoms with Crippen LogP contribution in [0, 0.1) is 0 Å². The van der Waals surface area contributed by atoms with Crippen molar-refractivity contribution in [3.05, 3.63) is 47.7 Å². The van der Waals surface area contributed by atoms with Gasteiger partial charge in [0.1, 0.15) is 6.61 Å². The highest BCUT2D eigenvalue weighted by molar-refractivity contribution is 5.84. The van der Waals surface area contributed by atoms with Crippen molar-refractivity contribution in [3.8, 4) is 0 Å². The number of hydrogen-bond acceptors (Lipinski definition) is 4. The van der Waals surface area contributed by atoms with Crippen LogP contribution in [-0.2, 0) is 20.7 Å². The Kier molecular flexibility index (Phi) is 13.4. The van der Waals surface area contributed by atoms with Gasteiger partial charge in [-0.15, -0.1) is 0 Å². The smallest absolute Gasteiger partial charge is 0.305 e. The van der Waals surface area contributed by atoms with Crippen molar-refractivity contribution in [2.75, 3.05) is 6.61 Å². The Labute approximate surface area is 249 Å². The maximum Gasteiger partial charge on any atom is 0.305 e. The van der Waals surface area contributed by atoms with Crippen molar-refractivity contribution in [1.29, 1.82) is 0 Å². The Morgan fingerprint density at radius 1 is 1.02 bits per heavy atom. The summed E-state index contributed by atoms with van der Waals surface area (Å²) in [5, 5.41) is 12.1. The zero-order valence-corrected chi connectivity index (χ0v) is 26.6. The summed E-state index contributed by atoms with van der Waals surface area (Å²) in [7, 11) is 0. The number of aromatic amines is 1. The Morgan fingerprint density at radius 2 is 1.63 bits per heavy atom. The van der Waals surface area contributed by atoms with E-state index >= 15 is 0 Å². The average molecular weight is 568 g/mol. The summed E-state index contributed by atoms with van der Waals surface area (Å²) >= 11 is 0. The van der Waals surface area contributed by atoms with E-state index in [1.54, 1.807) is 13.8 Å². The number of hydrogen-bond donors (Lipinski definition) is 2. The molecule has 0 spiro atoms. The number of H-pyrrole nitrogens is 1. The second-order valence-corrected chi connectivity index (χ2v) is 13.3. The molecule has 3 rings (SSSR count). The van der Waals surface area contributed by atoms with Crippen molar-refractivity contribution < 1.29 is 19.4 Å². The minimum atomic E-state index is -1.03. The Balaban J connectivity index is 1.33. The van der Waals surface area contributed by atoms with Crippen molar-refractivity contribution in [3.63, 3.8) is 0 Å². The maximum atomic E-state index is 12.6. The molecule has 1 fully saturated rings. The summed E-state index contributed by atoms with van der Waals surface area (Å²) in [6.07, 6.45) is 24.2. The molecule has 0 radical (unpaired) electrons. The van der Waals surface area contributed by atoms with E-state index in [2.05, 4.69) is 56.1 Å². The lowest BCUT2D eigenvalue weighted by atomic mass is 9.85. The zero-order valence-electron chi connectivity index (χ0n) is 26.6. The van der Waals surface area contributed by atoms with Crippen LogP contribution in [0.1, 0.15) is 142 Å². The van der Waals surface area contributed by atoms with E-state index in [4.69, 9.17) is 9.47 Å². The molecular weight excluding hydrogens is 510 g/mol. The van der Waals surface area contributed by atoms with Crippen LogP contribution in [0.2, 0.25) is 0 Å². The van der Waals surface area contributed by atoms with Crippen LogP contribution in [0.4, 0.5) is 0 Å². The summed E-state index contributed by atoms with van der Waals surface area (Å²) in [4.78, 5) is 15.9. The normalized spacial score (nSPS) is 17.4. The van der Waals surface area contributed by atoms with Crippen LogP contribution in [-0.4, -0.2) is 40.0 Å². The molecule has 1 saturated heterocycles. The van der Waals surface area contributed by atoms with Crippen LogP contribution >= 0.6 is 0 Å². The largest absolute Gasteiger partial charge is 0.465 e. The van der Waals surface area contributed by atoms with Gasteiger partial charge in [-0.3, -0.25) is 4.79 Å². The van der Waals surface area contributed by atoms with E-state index in [1.165, 1.54) is 63.4 Å². The predicted molar refractivity (Wildman–Crippen MR) is 170 cm³/mol. The third-order valence-electron chi connectivity index (χ3n) is 8.65. The van der Waals surface area contributed by atoms with Crippen LogP contribution in [0.5, 0.6) is 0 Å². The molecule has 5 heteroatoms. The topological polar surface area (TPSA) is 74.9 Å². The number of aromatic nitrogens is 1. The van der Waals surface area contributed by atoms with Gasteiger partial charge in [0.15, 0.2) is 0 Å². The average Bonchev–Trinajstić information content (AvgIpc) is 3.31. The molecule has 2 aromatic rings. The Hall–Kier alpha value is -2.11. The number of fused-ring (bicyclic) bond motifs is 1. The minimum absolute atomic E-state index is 0.0518. The van der Waals surface area contributed by atoms with Gasteiger partial charge in [-0.25, -0.2) is 0 Å². The number of carbonyl (C=O) groups excluding carboxylic acids is 1. The molecule has 0 aliphatic carbocycles. The number of aliphatic hydroxyl groups is 1. The number of ether oxygens (including phenoxy) is 2. The standard InChI is InChI=1S/C36H57NO4/c1-6-7-8-9-10-11-12-13-14-15-16-17-18-19-20-21-34(38)40-27-31(35(2,3)39)30-26-37-32-23-22-28(24-29(30)32)25-33-36(4,5)41-33/h13-14,22-24,26,31,33,37,39H,6-12,15-21,25,27H2,1-5H3. The number of esters is 1. The first-order chi connectivity index (χ1) is 19.6. The monoisotopic (exact) mass is 567 g/mol. The van der Waals surface area contributed by atoms with Gasteiger partial charge in [0, 0.05) is 35.9 Å². The van der Waals surface area contributed by atoms with Gasteiger partial charge in [-0.2, -0.15) is 0 Å². The fourth-order valence-electron chi connectivity index (χ4n) is 5.70. The molecule has 2 atom stereocenters. The van der Waals surface area contributed by atoms with Crippen molar-refractivity contribution in [2.24, 2.45) is 0 Å². The zero-order chi connectivity index (χ0) is 29.7. The lowest BCUT2D eigenvalue weighted by Gasteiger charge is -2.29. The lowest BCUT2D eigenvalue weighted by molar-refractivity contribution is -0.145. The van der Waals surface area contributed by atoms with Crippen LogP contribution in [0.15, 0.2) is 36.5 Å². The number of allylic oxidation sites excluding steroid dienone is 2. The molecule has 0 saturated carbocycles. The summed E-state index contributed by atoms with van der Waals surface area (Å²) in [6.45, 7) is 10.3. The molecule has 2 unspecified atom stereocenters. The second-order valence-electron chi connectivity index (χ2n) is 13.3. The van der Waals surface area contributed by atoms with Gasteiger partial charge in [0.25, 0.3) is 0 Å². The van der Waals surface area contributed by atoms with Crippen LogP contribution in [0.3, 0.4) is 0 Å². The highest BCUT2D eigenvalue weighted by atomic mass is 16.6. The second kappa shape index (κ2) is 16.5. The van der Waals surface area contributed by atoms with E-state index in [9.17, 15) is 9.90 Å². The first-order valence-corrected chi connectivity index (χ1v) is 16.4. The van der Waals surface area contributed by atoms with E-state index in [-0.39, 0.29) is 30.2 Å². The number of benzene rings is 1. The summed E-state index contributed by atoms with van der Waals surface area (Å²) < 4.78 is 11.5. The Morgan fingerprint density at radius 3 is 2.24 bits per heavy atom. The Bertz CT molecular complexity index is 1080. The highest BCUT2D eigenvalue weighted by Crippen LogP contribution is 2.39. The molecule has 1 aliphatic rings. The number of nitrogens with one attached hydrogen (secondary N) is 1. The van der Waals surface area contributed by atoms with Crippen LogP contribution < -0.4 is 0 Å². The molecule has 1 aliphatic heterocycles. The summed E-state index contributed by atoms with van der Waals surface area (Å²) in [5.74, 6) is -0.497. The maximum absolute atomic E-state index is 12.6. The molecular formula is C36H57NO4. The fraction of sp³-hybridized carbons (Fsp3) is 0.694. The highest BCUT2D eigenvalue weighted by Gasteiger charge is 2.47. The SMILES string of the molecule is CCCCCCCCC=CCCCCCCCC(=O)OCC(c1c[nH]c2ccc(CC3OC3(C)C)cc12)C(C)(C)O. The number of rotatable bonds is 21. The lowest BCUT2D eigenvalue weighted by Crippen LogP contribution is -2.33. The first-order valence-electron chi connectivity index (χ1n) is 16.4. The molecule has 41 heavy (non-hydrogen) atoms. The molecule has 2 heterocycles. The van der Waals surface area contributed by atoms with Gasteiger partial charge < -0.3 is 19.6 Å². The van der Waals surface area contributed by atoms with Crippen LogP contribution in [0.25, 0.3) is 10.9 Å². The van der Waals surface area contributed by atoms with Gasteiger partial charge in [0.05, 0.1) is 17.3 Å². The van der Waals surface area contributed by atoms with Gasteiger partial charge >= 0.3 is 5.97 Å². The number of epoxide rings is 1. The predicted octanol–water partition coefficient (Wildman–Crippen LogP) is 9.32. The minimum Gasteiger partial charge on any atom is -0.465 e. The quantitative estimate of drug-likeness (QED) is 0.0682. The van der Waals surface area contributed by atoms with Crippen molar-refractivity contribution in [2.45, 2.75) is 154 Å². The molecule has 1 aromatic carbocycles. The third kappa shape index (κ3) is 11.6. The number of unbranched alkanes of at least 4 members (excludes halogenated alkanes) is 11. The molecule has 230 valence electrons. The molecule has 2 N–H and O–H groups in total. The molecule has 0 bridgehead atoms. The van der Waals surface area contributed by atoms with E-state index in [1.807, 2.05) is 6.20 Å². The number of carbonyl (C=O) groups is 1. The van der Waals surface area contributed by atoms with Gasteiger partial charge in [-0.1, -0.05) is 76.5 Å². The van der Waals surface area contributed by atoms with Crippen molar-refractivity contribution >= 4 is 16.9 Å². The fourth-order valence-corrected chi connectivity index (χ4v) is 5.70. The van der Waals surface area contributed by atoms with Gasteiger partial charge in [-0.05, 0) is 83.1 Å². The molecule has 0 amide bonds. The first kappa shape index (κ1) is 33.4. The van der Waals surface area contributed by atoms with E-state index < -0.39 is 5.60 Å². The van der Waals surface area contributed by atoms with Gasteiger partial charge in [0.2, 0.25) is 0 Å². The summed E-state index contributed by atoms with van der Waals surface area (Å²) in [6, 6.07) is 6.40. The molecule has 1 aromatic heterocycles. The van der Waals surface area contributed by atoms with E-state index in [0.29, 0.717) is 6.42 Å². The summed E-state index contributed by atoms with van der Waals surface area (Å²) in [5.41, 5.74) is 2.14. The third-order valence-corrected chi connectivity index (χ3v) is 8.65. The van der Waals surface area contributed by atoms with E-state index in [0.717, 1.165) is 48.6 Å². The molecule has 5 nitrogen and oxygen atoms in total. The van der Waals surface area contributed by atoms with Crippen molar-refractivity contribution in [1.82, 2.24) is 4.98 Å².